The zero-order chi connectivity index (χ0) is 15.7. The van der Waals surface area contributed by atoms with E-state index in [1.807, 2.05) is 42.5 Å². The van der Waals surface area contributed by atoms with Gasteiger partial charge in [-0.25, -0.2) is 0 Å². The van der Waals surface area contributed by atoms with E-state index >= 15 is 0 Å². The first-order valence-electron chi connectivity index (χ1n) is 6.74. The second-order valence-corrected chi connectivity index (χ2v) is 5.05. The van der Waals surface area contributed by atoms with Crippen LogP contribution in [0.25, 0.3) is 22.1 Å². The molecule has 0 aliphatic carbocycles. The molecule has 0 aliphatic heterocycles. The van der Waals surface area contributed by atoms with Crippen LogP contribution in [0.2, 0.25) is 0 Å². The molecule has 3 rings (SSSR count). The smallest absolute Gasteiger partial charge is 0.320 e. The summed E-state index contributed by atoms with van der Waals surface area (Å²) in [5.41, 5.74) is 6.00. The van der Waals surface area contributed by atoms with Gasteiger partial charge in [0.15, 0.2) is 5.76 Å². The fraction of sp³-hybridized carbons (Fsp3) is 0.125. The van der Waals surface area contributed by atoms with Crippen LogP contribution in [-0.2, 0) is 11.2 Å². The van der Waals surface area contributed by atoms with Crippen LogP contribution >= 0.6 is 0 Å². The number of carbonyl (C=O) groups is 1. The topological polar surface area (TPSA) is 109 Å². The number of rotatable bonds is 4. The van der Waals surface area contributed by atoms with Crippen molar-refractivity contribution in [3.8, 4) is 11.3 Å². The summed E-state index contributed by atoms with van der Waals surface area (Å²) in [7, 11) is 0. The first kappa shape index (κ1) is 14.1. The molecule has 112 valence electrons. The molecule has 3 aromatic rings. The summed E-state index contributed by atoms with van der Waals surface area (Å²) in [5.74, 6) is -0.836. The molecule has 6 nitrogen and oxygen atoms in total. The van der Waals surface area contributed by atoms with E-state index in [1.54, 1.807) is 0 Å². The summed E-state index contributed by atoms with van der Waals surface area (Å²) in [6.07, 6.45) is -0.0939. The maximum atomic E-state index is 11.8. The second kappa shape index (κ2) is 5.50. The minimum absolute atomic E-state index is 0.0939. The van der Waals surface area contributed by atoms with Gasteiger partial charge in [-0.2, -0.15) is 5.16 Å². The highest BCUT2D eigenvalue weighted by molar-refractivity contribution is 5.87. The Morgan fingerprint density at radius 3 is 2.68 bits per heavy atom. The Morgan fingerprint density at radius 1 is 1.23 bits per heavy atom. The SMILES string of the molecule is N[C@@H](Cc1c(-c2ccc3ccccc3c2)o[nH]c1=O)C(=O)O. The monoisotopic (exact) mass is 298 g/mol. The van der Waals surface area contributed by atoms with Gasteiger partial charge in [-0.3, -0.25) is 9.59 Å². The molecule has 0 saturated heterocycles. The number of nitrogens with one attached hydrogen (secondary N) is 1. The highest BCUT2D eigenvalue weighted by Crippen LogP contribution is 2.26. The lowest BCUT2D eigenvalue weighted by Crippen LogP contribution is -2.33. The van der Waals surface area contributed by atoms with Crippen LogP contribution in [0, 0.1) is 0 Å². The van der Waals surface area contributed by atoms with E-state index in [9.17, 15) is 9.59 Å². The molecule has 0 bridgehead atoms. The summed E-state index contributed by atoms with van der Waals surface area (Å²) < 4.78 is 5.23. The fourth-order valence-electron chi connectivity index (χ4n) is 2.38. The van der Waals surface area contributed by atoms with E-state index in [1.165, 1.54) is 0 Å². The summed E-state index contributed by atoms with van der Waals surface area (Å²) in [5, 5.41) is 13.2. The maximum Gasteiger partial charge on any atom is 0.320 e. The minimum atomic E-state index is -1.16. The van der Waals surface area contributed by atoms with Gasteiger partial charge in [0.1, 0.15) is 6.04 Å². The third kappa shape index (κ3) is 2.51. The van der Waals surface area contributed by atoms with Gasteiger partial charge >= 0.3 is 5.97 Å². The van der Waals surface area contributed by atoms with Gasteiger partial charge in [0.25, 0.3) is 5.56 Å². The van der Waals surface area contributed by atoms with Crippen molar-refractivity contribution in [3.05, 3.63) is 58.4 Å². The third-order valence-corrected chi connectivity index (χ3v) is 3.55. The quantitative estimate of drug-likeness (QED) is 0.679. The minimum Gasteiger partial charge on any atom is -0.480 e. The van der Waals surface area contributed by atoms with Gasteiger partial charge in [-0.05, 0) is 16.8 Å². The van der Waals surface area contributed by atoms with E-state index < -0.39 is 17.6 Å². The zero-order valence-electron chi connectivity index (χ0n) is 11.6. The Bertz CT molecular complexity index is 894. The number of aromatic nitrogens is 1. The van der Waals surface area contributed by atoms with Crippen molar-refractivity contribution in [2.24, 2.45) is 5.73 Å². The van der Waals surface area contributed by atoms with Gasteiger partial charge in [0, 0.05) is 12.0 Å². The maximum absolute atomic E-state index is 11.8. The predicted octanol–water partition coefficient (Wildman–Crippen LogP) is 1.74. The number of carboxylic acids is 1. The molecule has 0 amide bonds. The standard InChI is InChI=1S/C16H14N2O4/c17-13(16(20)21)8-12-14(22-18-15(12)19)11-6-5-9-3-1-2-4-10(9)7-11/h1-7,13H,8,17H2,(H,18,19)(H,20,21)/t13-/m0/s1. The lowest BCUT2D eigenvalue weighted by atomic mass is 10.0. The van der Waals surface area contributed by atoms with Crippen LogP contribution in [0.5, 0.6) is 0 Å². The zero-order valence-corrected chi connectivity index (χ0v) is 11.6. The number of aliphatic carboxylic acids is 1. The summed E-state index contributed by atoms with van der Waals surface area (Å²) in [6.45, 7) is 0. The van der Waals surface area contributed by atoms with E-state index in [0.717, 1.165) is 10.8 Å². The number of hydrogen-bond acceptors (Lipinski definition) is 4. The van der Waals surface area contributed by atoms with Gasteiger partial charge < -0.3 is 15.4 Å². The highest BCUT2D eigenvalue weighted by Gasteiger charge is 2.21. The number of aromatic amines is 1. The van der Waals surface area contributed by atoms with E-state index in [0.29, 0.717) is 11.3 Å². The van der Waals surface area contributed by atoms with E-state index in [4.69, 9.17) is 15.4 Å². The van der Waals surface area contributed by atoms with Gasteiger partial charge in [0.2, 0.25) is 0 Å². The van der Waals surface area contributed by atoms with Crippen LogP contribution < -0.4 is 11.3 Å². The normalized spacial score (nSPS) is 12.4. The molecule has 0 aliphatic rings. The van der Waals surface area contributed by atoms with Crippen LogP contribution in [0.3, 0.4) is 0 Å². The molecular formula is C16H14N2O4. The summed E-state index contributed by atoms with van der Waals surface area (Å²) >= 11 is 0. The van der Waals surface area contributed by atoms with Gasteiger partial charge in [-0.15, -0.1) is 0 Å². The lowest BCUT2D eigenvalue weighted by Gasteiger charge is -2.06. The molecule has 1 atom stereocenters. The average Bonchev–Trinajstić information content (AvgIpc) is 2.88. The largest absolute Gasteiger partial charge is 0.480 e. The Hall–Kier alpha value is -2.86. The van der Waals surface area contributed by atoms with Crippen molar-refractivity contribution in [2.75, 3.05) is 0 Å². The Kier molecular flexibility index (Phi) is 3.52. The molecule has 0 unspecified atom stereocenters. The van der Waals surface area contributed by atoms with Crippen LogP contribution in [-0.4, -0.2) is 22.3 Å². The molecule has 4 N–H and O–H groups in total. The van der Waals surface area contributed by atoms with Crippen molar-refractivity contribution >= 4 is 16.7 Å². The lowest BCUT2D eigenvalue weighted by molar-refractivity contribution is -0.138. The molecule has 0 saturated carbocycles. The summed E-state index contributed by atoms with van der Waals surface area (Å²) in [6, 6.07) is 12.3. The molecule has 0 spiro atoms. The Labute approximate surface area is 125 Å². The molecule has 2 aromatic carbocycles. The van der Waals surface area contributed by atoms with Crippen molar-refractivity contribution in [3.63, 3.8) is 0 Å². The number of hydrogen-bond donors (Lipinski definition) is 3. The average molecular weight is 298 g/mol. The van der Waals surface area contributed by atoms with Gasteiger partial charge in [-0.1, -0.05) is 36.4 Å². The van der Waals surface area contributed by atoms with Crippen LogP contribution in [0.1, 0.15) is 5.56 Å². The van der Waals surface area contributed by atoms with Crippen molar-refractivity contribution in [1.82, 2.24) is 5.16 Å². The van der Waals surface area contributed by atoms with Crippen LogP contribution in [0.4, 0.5) is 0 Å². The first-order chi connectivity index (χ1) is 10.6. The molecule has 0 radical (unpaired) electrons. The first-order valence-corrected chi connectivity index (χ1v) is 6.74. The predicted molar refractivity (Wildman–Crippen MR) is 81.6 cm³/mol. The van der Waals surface area contributed by atoms with E-state index in [2.05, 4.69) is 5.16 Å². The number of carboxylic acid groups (broad SMARTS) is 1. The summed E-state index contributed by atoms with van der Waals surface area (Å²) in [4.78, 5) is 22.7. The molecule has 0 fully saturated rings. The number of fused-ring (bicyclic) bond motifs is 1. The number of nitrogens with two attached hydrogens (primary N) is 1. The Balaban J connectivity index is 2.07. The van der Waals surface area contributed by atoms with Gasteiger partial charge in [0.05, 0.1) is 5.56 Å². The molecule has 22 heavy (non-hydrogen) atoms. The molecular weight excluding hydrogens is 284 g/mol. The Morgan fingerprint density at radius 2 is 1.95 bits per heavy atom. The van der Waals surface area contributed by atoms with Crippen molar-refractivity contribution < 1.29 is 14.4 Å². The molecule has 1 heterocycles. The molecule has 6 heteroatoms. The third-order valence-electron chi connectivity index (χ3n) is 3.55. The fourth-order valence-corrected chi connectivity index (χ4v) is 2.38. The second-order valence-electron chi connectivity index (χ2n) is 5.05. The van der Waals surface area contributed by atoms with E-state index in [-0.39, 0.29) is 12.0 Å². The highest BCUT2D eigenvalue weighted by atomic mass is 16.5. The molecule has 1 aromatic heterocycles. The van der Waals surface area contributed by atoms with Crippen molar-refractivity contribution in [2.45, 2.75) is 12.5 Å². The van der Waals surface area contributed by atoms with Crippen LogP contribution in [0.15, 0.2) is 51.8 Å². The van der Waals surface area contributed by atoms with Crippen molar-refractivity contribution in [1.29, 1.82) is 0 Å². The number of H-pyrrole nitrogens is 1. The number of benzene rings is 2.